The van der Waals surface area contributed by atoms with Crippen molar-refractivity contribution in [3.8, 4) is 6.07 Å². The monoisotopic (exact) mass is 380 g/mol. The number of hydrogen-bond donors (Lipinski definition) is 2. The first-order chi connectivity index (χ1) is 11.6. The number of nitriles is 1. The van der Waals surface area contributed by atoms with Crippen LogP contribution >= 0.6 is 0 Å². The summed E-state index contributed by atoms with van der Waals surface area (Å²) in [6.07, 6.45) is -4.61. The fourth-order valence-corrected chi connectivity index (χ4v) is 3.54. The van der Waals surface area contributed by atoms with Crippen LogP contribution in [0, 0.1) is 17.1 Å². The average Bonchev–Trinajstić information content (AvgIpc) is 2.55. The molecule has 138 valence electrons. The molecule has 1 aliphatic heterocycles. The van der Waals surface area contributed by atoms with E-state index >= 15 is 0 Å². The van der Waals surface area contributed by atoms with Crippen molar-refractivity contribution in [1.82, 2.24) is 14.9 Å². The van der Waals surface area contributed by atoms with E-state index in [1.165, 1.54) is 6.07 Å². The predicted octanol–water partition coefficient (Wildman–Crippen LogP) is 0.812. The summed E-state index contributed by atoms with van der Waals surface area (Å²) in [4.78, 5) is 0.691. The van der Waals surface area contributed by atoms with E-state index in [1.807, 2.05) is 4.72 Å². The second-order valence-corrected chi connectivity index (χ2v) is 7.22. The van der Waals surface area contributed by atoms with Gasteiger partial charge in [-0.25, -0.2) is 17.5 Å². The van der Waals surface area contributed by atoms with Crippen molar-refractivity contribution in [2.45, 2.75) is 17.1 Å². The fourth-order valence-electron chi connectivity index (χ4n) is 2.47. The number of halogens is 4. The molecule has 0 aliphatic carbocycles. The number of benzene rings is 1. The summed E-state index contributed by atoms with van der Waals surface area (Å²) in [5.41, 5.74) is -0.502. The maximum absolute atomic E-state index is 13.3. The first-order valence-electron chi connectivity index (χ1n) is 7.36. The Kier molecular flexibility index (Phi) is 5.99. The smallest absolute Gasteiger partial charge is 0.314 e. The molecule has 1 saturated heterocycles. The molecule has 0 aromatic heterocycles. The Bertz CT molecular complexity index is 755. The van der Waals surface area contributed by atoms with Gasteiger partial charge >= 0.3 is 6.18 Å². The molecule has 1 aliphatic rings. The number of piperazine rings is 1. The molecule has 11 heteroatoms. The Labute approximate surface area is 142 Å². The third kappa shape index (κ3) is 4.88. The Morgan fingerprint density at radius 1 is 1.32 bits per heavy atom. The lowest BCUT2D eigenvalue weighted by Crippen LogP contribution is -2.57. The molecule has 6 nitrogen and oxygen atoms in total. The fraction of sp³-hybridized carbons (Fsp3) is 0.500. The summed E-state index contributed by atoms with van der Waals surface area (Å²) >= 11 is 0. The van der Waals surface area contributed by atoms with Crippen molar-refractivity contribution in [3.05, 3.63) is 29.6 Å². The SMILES string of the molecule is N#Cc1cc(S(=O)(=O)NCC(N2CCNCC2)C(F)(F)F)ccc1F. The van der Waals surface area contributed by atoms with Crippen LogP contribution in [0.3, 0.4) is 0 Å². The second-order valence-electron chi connectivity index (χ2n) is 5.45. The number of nitrogens with one attached hydrogen (secondary N) is 2. The van der Waals surface area contributed by atoms with Crippen molar-refractivity contribution < 1.29 is 26.0 Å². The quantitative estimate of drug-likeness (QED) is 0.739. The number of hydrogen-bond acceptors (Lipinski definition) is 5. The number of rotatable bonds is 5. The van der Waals surface area contributed by atoms with Crippen molar-refractivity contribution in [2.24, 2.45) is 0 Å². The molecular weight excluding hydrogens is 364 g/mol. The largest absolute Gasteiger partial charge is 0.405 e. The van der Waals surface area contributed by atoms with Crippen LogP contribution in [-0.2, 0) is 10.0 Å². The first kappa shape index (κ1) is 19.6. The van der Waals surface area contributed by atoms with Crippen LogP contribution in [-0.4, -0.2) is 58.3 Å². The lowest BCUT2D eigenvalue weighted by atomic mass is 10.2. The van der Waals surface area contributed by atoms with Crippen LogP contribution in [0.4, 0.5) is 17.6 Å². The molecule has 25 heavy (non-hydrogen) atoms. The van der Waals surface area contributed by atoms with Crippen LogP contribution in [0.1, 0.15) is 5.56 Å². The van der Waals surface area contributed by atoms with E-state index in [1.54, 1.807) is 0 Å². The normalized spacial score (nSPS) is 17.9. The average molecular weight is 380 g/mol. The van der Waals surface area contributed by atoms with E-state index in [0.29, 0.717) is 13.1 Å². The van der Waals surface area contributed by atoms with Gasteiger partial charge in [-0.15, -0.1) is 0 Å². The first-order valence-corrected chi connectivity index (χ1v) is 8.84. The highest BCUT2D eigenvalue weighted by atomic mass is 32.2. The molecule has 1 atom stereocenters. The molecular formula is C14H16F4N4O2S. The lowest BCUT2D eigenvalue weighted by Gasteiger charge is -2.35. The molecule has 1 unspecified atom stereocenters. The van der Waals surface area contributed by atoms with Gasteiger partial charge in [0.05, 0.1) is 10.5 Å². The standard InChI is InChI=1S/C14H16F4N4O2S/c15-12-2-1-11(7-10(12)8-19)25(23,24)21-9-13(14(16,17)18)22-5-3-20-4-6-22/h1-2,7,13,20-21H,3-6,9H2. The highest BCUT2D eigenvalue weighted by molar-refractivity contribution is 7.89. The highest BCUT2D eigenvalue weighted by Gasteiger charge is 2.44. The van der Waals surface area contributed by atoms with Crippen molar-refractivity contribution in [2.75, 3.05) is 32.7 Å². The predicted molar refractivity (Wildman–Crippen MR) is 80.6 cm³/mol. The minimum atomic E-state index is -4.61. The summed E-state index contributed by atoms with van der Waals surface area (Å²) in [7, 11) is -4.31. The van der Waals surface area contributed by atoms with Gasteiger partial charge in [-0.2, -0.15) is 18.4 Å². The third-order valence-corrected chi connectivity index (χ3v) is 5.23. The zero-order valence-corrected chi connectivity index (χ0v) is 13.8. The molecule has 0 radical (unpaired) electrons. The van der Waals surface area contributed by atoms with Gasteiger partial charge in [-0.1, -0.05) is 0 Å². The Morgan fingerprint density at radius 3 is 2.52 bits per heavy atom. The zero-order chi connectivity index (χ0) is 18.7. The molecule has 2 rings (SSSR count). The van der Waals surface area contributed by atoms with E-state index in [9.17, 15) is 26.0 Å². The van der Waals surface area contributed by atoms with Gasteiger partial charge in [0.15, 0.2) is 0 Å². The molecule has 1 heterocycles. The lowest BCUT2D eigenvalue weighted by molar-refractivity contribution is -0.182. The van der Waals surface area contributed by atoms with Crippen LogP contribution in [0.25, 0.3) is 0 Å². The van der Waals surface area contributed by atoms with E-state index in [2.05, 4.69) is 5.32 Å². The van der Waals surface area contributed by atoms with Gasteiger partial charge in [0, 0.05) is 32.7 Å². The van der Waals surface area contributed by atoms with Gasteiger partial charge in [0.2, 0.25) is 10.0 Å². The maximum atomic E-state index is 13.3. The Hall–Kier alpha value is -1.74. The summed E-state index contributed by atoms with van der Waals surface area (Å²) in [6, 6.07) is 1.97. The second kappa shape index (κ2) is 7.65. The summed E-state index contributed by atoms with van der Waals surface area (Å²) < 4.78 is 79.3. The van der Waals surface area contributed by atoms with Crippen LogP contribution < -0.4 is 10.0 Å². The van der Waals surface area contributed by atoms with Gasteiger partial charge < -0.3 is 5.32 Å². The number of sulfonamides is 1. The van der Waals surface area contributed by atoms with E-state index in [-0.39, 0.29) is 13.1 Å². The zero-order valence-electron chi connectivity index (χ0n) is 13.0. The van der Waals surface area contributed by atoms with E-state index < -0.39 is 45.1 Å². The van der Waals surface area contributed by atoms with Gasteiger partial charge in [0.1, 0.15) is 17.9 Å². The van der Waals surface area contributed by atoms with Crippen LogP contribution in [0.2, 0.25) is 0 Å². The number of alkyl halides is 3. The maximum Gasteiger partial charge on any atom is 0.405 e. The number of nitrogens with zero attached hydrogens (tertiary/aromatic N) is 2. The van der Waals surface area contributed by atoms with Crippen molar-refractivity contribution >= 4 is 10.0 Å². The molecule has 1 aromatic carbocycles. The molecule has 2 N–H and O–H groups in total. The minimum absolute atomic E-state index is 0.140. The Balaban J connectivity index is 2.17. The molecule has 0 spiro atoms. The summed E-state index contributed by atoms with van der Waals surface area (Å²) in [5, 5.41) is 11.7. The molecule has 1 fully saturated rings. The molecule has 0 bridgehead atoms. The van der Waals surface area contributed by atoms with E-state index in [0.717, 1.165) is 23.1 Å². The van der Waals surface area contributed by atoms with Gasteiger partial charge in [0.25, 0.3) is 0 Å². The van der Waals surface area contributed by atoms with Gasteiger partial charge in [-0.3, -0.25) is 4.90 Å². The van der Waals surface area contributed by atoms with Crippen LogP contribution in [0.15, 0.2) is 23.1 Å². The highest BCUT2D eigenvalue weighted by Crippen LogP contribution is 2.25. The Morgan fingerprint density at radius 2 is 1.96 bits per heavy atom. The third-order valence-electron chi connectivity index (χ3n) is 3.81. The van der Waals surface area contributed by atoms with Crippen molar-refractivity contribution in [1.29, 1.82) is 5.26 Å². The van der Waals surface area contributed by atoms with Gasteiger partial charge in [-0.05, 0) is 18.2 Å². The molecule has 0 saturated carbocycles. The van der Waals surface area contributed by atoms with E-state index in [4.69, 9.17) is 5.26 Å². The minimum Gasteiger partial charge on any atom is -0.314 e. The topological polar surface area (TPSA) is 85.2 Å². The summed E-state index contributed by atoms with van der Waals surface area (Å²) in [5.74, 6) is -0.907. The molecule has 0 amide bonds. The summed E-state index contributed by atoms with van der Waals surface area (Å²) in [6.45, 7) is 0.165. The van der Waals surface area contributed by atoms with Crippen LogP contribution in [0.5, 0.6) is 0 Å². The molecule has 1 aromatic rings. The van der Waals surface area contributed by atoms with Crippen molar-refractivity contribution in [3.63, 3.8) is 0 Å².